The van der Waals surface area contributed by atoms with Gasteiger partial charge in [-0.15, -0.1) is 0 Å². The lowest BCUT2D eigenvalue weighted by Gasteiger charge is -2.46. The summed E-state index contributed by atoms with van der Waals surface area (Å²) in [5.41, 5.74) is 0.881. The summed E-state index contributed by atoms with van der Waals surface area (Å²) < 4.78 is 60.9. The smallest absolute Gasteiger partial charge is 0.297 e. The number of carbonyl (C=O) groups excluding carboxylic acids is 2. The first-order chi connectivity index (χ1) is 21.0. The van der Waals surface area contributed by atoms with Gasteiger partial charge in [-0.25, -0.2) is 0 Å². The number of hydrogen-bond acceptors (Lipinski definition) is 10. The van der Waals surface area contributed by atoms with Crippen molar-refractivity contribution in [3.63, 3.8) is 0 Å². The van der Waals surface area contributed by atoms with Crippen molar-refractivity contribution >= 4 is 21.9 Å². The molecule has 1 fully saturated rings. The predicted octanol–water partition coefficient (Wildman–Crippen LogP) is 2.98. The van der Waals surface area contributed by atoms with Crippen LogP contribution in [0.3, 0.4) is 0 Å². The molecular formula is C31H36N2O10S. The number of hydrogen-bond donors (Lipinski definition) is 2. The van der Waals surface area contributed by atoms with Gasteiger partial charge in [-0.2, -0.15) is 8.42 Å². The molecule has 0 bridgehead atoms. The first-order valence-electron chi connectivity index (χ1n) is 13.8. The van der Waals surface area contributed by atoms with Crippen LogP contribution in [0.4, 0.5) is 0 Å². The summed E-state index contributed by atoms with van der Waals surface area (Å²) in [6.45, 7) is 3.96. The molecule has 1 heterocycles. The highest BCUT2D eigenvalue weighted by Gasteiger charge is 2.50. The molecule has 0 unspecified atom stereocenters. The van der Waals surface area contributed by atoms with Gasteiger partial charge in [0.1, 0.15) is 41.2 Å². The van der Waals surface area contributed by atoms with E-state index in [0.717, 1.165) is 5.56 Å². The molecule has 0 aromatic heterocycles. The maximum Gasteiger partial charge on any atom is 0.297 e. The van der Waals surface area contributed by atoms with Gasteiger partial charge in [0.05, 0.1) is 31.8 Å². The Balaban J connectivity index is 1.72. The predicted molar refractivity (Wildman–Crippen MR) is 159 cm³/mol. The summed E-state index contributed by atoms with van der Waals surface area (Å²) in [5, 5.41) is 5.62. The molecule has 0 spiro atoms. The third-order valence-corrected chi connectivity index (χ3v) is 8.09. The van der Waals surface area contributed by atoms with Crippen LogP contribution in [0.25, 0.3) is 0 Å². The Bertz CT molecular complexity index is 1510. The summed E-state index contributed by atoms with van der Waals surface area (Å²) in [5.74, 6) is 1.10. The van der Waals surface area contributed by atoms with E-state index in [2.05, 4.69) is 10.6 Å². The Kier molecular flexibility index (Phi) is 10.7. The molecule has 44 heavy (non-hydrogen) atoms. The quantitative estimate of drug-likeness (QED) is 0.287. The number of nitrogens with one attached hydrogen (secondary N) is 2. The van der Waals surface area contributed by atoms with Gasteiger partial charge in [0.15, 0.2) is 0 Å². The van der Waals surface area contributed by atoms with Gasteiger partial charge >= 0.3 is 0 Å². The van der Waals surface area contributed by atoms with Crippen LogP contribution in [0.1, 0.15) is 19.4 Å². The standard InChI is InChI=1S/C31H36N2O10S/c1-19-6-16-26(17-7-19)44(36,37)40-18-27-28(32-20(2)34)30(41-24-12-8-22(38-4)9-13-24)29(33-21(3)35)31(43-27)42-25-14-10-23(39-5)11-15-25/h6-17,27-31H,18H2,1-5H3,(H,32,34)(H,33,35)/t27-,28-,29-,30+,31+/m1/s1. The van der Waals surface area contributed by atoms with Crippen molar-refractivity contribution < 1.29 is 45.9 Å². The topological polar surface area (TPSA) is 148 Å². The van der Waals surface area contributed by atoms with Crippen LogP contribution in [0.5, 0.6) is 23.0 Å². The van der Waals surface area contributed by atoms with Crippen LogP contribution >= 0.6 is 0 Å². The van der Waals surface area contributed by atoms with E-state index in [4.69, 9.17) is 27.9 Å². The lowest BCUT2D eigenvalue weighted by molar-refractivity contribution is -0.209. The van der Waals surface area contributed by atoms with Crippen molar-refractivity contribution in [3.8, 4) is 23.0 Å². The van der Waals surface area contributed by atoms with Crippen molar-refractivity contribution in [1.29, 1.82) is 0 Å². The normalized spacial score (nSPS) is 21.5. The van der Waals surface area contributed by atoms with Gasteiger partial charge in [0, 0.05) is 13.8 Å². The number of methoxy groups -OCH3 is 2. The number of amides is 2. The average Bonchev–Trinajstić information content (AvgIpc) is 2.99. The van der Waals surface area contributed by atoms with E-state index in [9.17, 15) is 18.0 Å². The molecule has 3 aromatic rings. The Labute approximate surface area is 256 Å². The Hall–Kier alpha value is -4.33. The highest BCUT2D eigenvalue weighted by atomic mass is 32.2. The third kappa shape index (κ3) is 8.40. The molecule has 3 aromatic carbocycles. The minimum absolute atomic E-state index is 0.0387. The zero-order valence-electron chi connectivity index (χ0n) is 25.0. The molecule has 2 N–H and O–H groups in total. The Morgan fingerprint density at radius 3 is 1.70 bits per heavy atom. The Morgan fingerprint density at radius 1 is 0.727 bits per heavy atom. The molecule has 2 amide bonds. The highest BCUT2D eigenvalue weighted by Crippen LogP contribution is 2.30. The SMILES string of the molecule is COc1ccc(O[C@H]2O[C@H](COS(=O)(=O)c3ccc(C)cc3)[C@@H](NC(C)=O)[C@H](Oc3ccc(OC)cc3)[C@H]2NC(C)=O)cc1. The summed E-state index contributed by atoms with van der Waals surface area (Å²) in [6, 6.07) is 17.6. The second-order valence-electron chi connectivity index (χ2n) is 10.1. The van der Waals surface area contributed by atoms with Gasteiger partial charge in [0.2, 0.25) is 18.1 Å². The van der Waals surface area contributed by atoms with E-state index < -0.39 is 59.1 Å². The van der Waals surface area contributed by atoms with Crippen LogP contribution in [0, 0.1) is 6.92 Å². The van der Waals surface area contributed by atoms with Crippen LogP contribution in [0.15, 0.2) is 77.7 Å². The lowest BCUT2D eigenvalue weighted by Crippen LogP contribution is -2.70. The molecule has 1 aliphatic heterocycles. The van der Waals surface area contributed by atoms with Crippen LogP contribution in [-0.4, -0.2) is 71.6 Å². The first kappa shape index (κ1) is 32.6. The van der Waals surface area contributed by atoms with E-state index in [-0.39, 0.29) is 4.90 Å². The molecular weight excluding hydrogens is 592 g/mol. The number of rotatable bonds is 12. The van der Waals surface area contributed by atoms with E-state index in [1.165, 1.54) is 40.2 Å². The maximum atomic E-state index is 13.1. The first-order valence-corrected chi connectivity index (χ1v) is 15.2. The zero-order chi connectivity index (χ0) is 31.9. The van der Waals surface area contributed by atoms with Crippen molar-refractivity contribution in [2.75, 3.05) is 20.8 Å². The zero-order valence-corrected chi connectivity index (χ0v) is 25.8. The van der Waals surface area contributed by atoms with E-state index in [0.29, 0.717) is 23.0 Å². The molecule has 0 saturated carbocycles. The van der Waals surface area contributed by atoms with Crippen molar-refractivity contribution in [2.24, 2.45) is 0 Å². The Morgan fingerprint density at radius 2 is 1.20 bits per heavy atom. The second-order valence-corrected chi connectivity index (χ2v) is 11.7. The minimum Gasteiger partial charge on any atom is -0.497 e. The fourth-order valence-electron chi connectivity index (χ4n) is 4.65. The molecule has 1 saturated heterocycles. The lowest BCUT2D eigenvalue weighted by atomic mass is 9.93. The highest BCUT2D eigenvalue weighted by molar-refractivity contribution is 7.86. The molecule has 236 valence electrons. The average molecular weight is 629 g/mol. The van der Waals surface area contributed by atoms with Crippen LogP contribution < -0.4 is 29.6 Å². The van der Waals surface area contributed by atoms with Gasteiger partial charge in [-0.1, -0.05) is 17.7 Å². The minimum atomic E-state index is -4.20. The van der Waals surface area contributed by atoms with Crippen LogP contribution in [-0.2, 0) is 28.6 Å². The summed E-state index contributed by atoms with van der Waals surface area (Å²) in [4.78, 5) is 24.8. The van der Waals surface area contributed by atoms with Crippen molar-refractivity contribution in [3.05, 3.63) is 78.4 Å². The van der Waals surface area contributed by atoms with E-state index in [1.54, 1.807) is 60.7 Å². The molecule has 4 rings (SSSR count). The van der Waals surface area contributed by atoms with Gasteiger partial charge in [-0.05, 0) is 67.6 Å². The van der Waals surface area contributed by atoms with Gasteiger partial charge in [-0.3, -0.25) is 13.8 Å². The fourth-order valence-corrected chi connectivity index (χ4v) is 5.56. The largest absolute Gasteiger partial charge is 0.497 e. The monoisotopic (exact) mass is 628 g/mol. The summed E-state index contributed by atoms with van der Waals surface area (Å²) in [7, 11) is -1.14. The third-order valence-electron chi connectivity index (χ3n) is 6.79. The molecule has 1 aliphatic rings. The molecule has 5 atom stereocenters. The van der Waals surface area contributed by atoms with Gasteiger partial charge < -0.3 is 34.3 Å². The number of benzene rings is 3. The van der Waals surface area contributed by atoms with Crippen molar-refractivity contribution in [1.82, 2.24) is 10.6 Å². The molecule has 0 radical (unpaired) electrons. The summed E-state index contributed by atoms with van der Waals surface area (Å²) >= 11 is 0. The van der Waals surface area contributed by atoms with E-state index in [1.807, 2.05) is 6.92 Å². The maximum absolute atomic E-state index is 13.1. The molecule has 13 heteroatoms. The van der Waals surface area contributed by atoms with Crippen LogP contribution in [0.2, 0.25) is 0 Å². The fraction of sp³-hybridized carbons (Fsp3) is 0.355. The number of aryl methyl sites for hydroxylation is 1. The van der Waals surface area contributed by atoms with Gasteiger partial charge in [0.25, 0.3) is 10.1 Å². The number of carbonyl (C=O) groups is 2. The molecule has 12 nitrogen and oxygen atoms in total. The molecule has 0 aliphatic carbocycles. The second kappa shape index (κ2) is 14.4. The summed E-state index contributed by atoms with van der Waals surface area (Å²) in [6.07, 6.45) is -3.31. The van der Waals surface area contributed by atoms with Crippen molar-refractivity contribution in [2.45, 2.75) is 56.2 Å². The number of ether oxygens (including phenoxy) is 5. The van der Waals surface area contributed by atoms with E-state index >= 15 is 0 Å².